The van der Waals surface area contributed by atoms with Crippen molar-refractivity contribution in [1.29, 1.82) is 0 Å². The van der Waals surface area contributed by atoms with Gasteiger partial charge in [-0.25, -0.2) is 29.1 Å². The van der Waals surface area contributed by atoms with Crippen LogP contribution >= 0.6 is 22.9 Å². The summed E-state index contributed by atoms with van der Waals surface area (Å²) in [5.41, 5.74) is 5.79. The van der Waals surface area contributed by atoms with Crippen LogP contribution < -0.4 is 32.8 Å². The van der Waals surface area contributed by atoms with Gasteiger partial charge in [0.2, 0.25) is 20.3 Å². The van der Waals surface area contributed by atoms with Crippen LogP contribution in [0.2, 0.25) is 23.2 Å². The highest BCUT2D eigenvalue weighted by Crippen LogP contribution is 2.51. The van der Waals surface area contributed by atoms with Gasteiger partial charge < -0.3 is 42.3 Å². The number of nitrogens with zero attached hydrogens (tertiary/aromatic N) is 4. The number of carbonyl (C=O) groups is 1. The molecule has 0 aliphatic carbocycles. The lowest BCUT2D eigenvalue weighted by molar-refractivity contribution is -0.151. The van der Waals surface area contributed by atoms with E-state index in [1.807, 2.05) is 141 Å². The molecule has 522 valence electrons. The molecule has 17 nitrogen and oxygen atoms in total. The van der Waals surface area contributed by atoms with Gasteiger partial charge in [0.1, 0.15) is 76.4 Å². The van der Waals surface area contributed by atoms with Gasteiger partial charge in [0, 0.05) is 28.6 Å². The predicted octanol–water partition coefficient (Wildman–Crippen LogP) is 17.6. The van der Waals surface area contributed by atoms with E-state index in [1.54, 1.807) is 70.8 Å². The molecule has 0 amide bonds. The Labute approximate surface area is 598 Å². The molecule has 22 heteroatoms. The zero-order chi connectivity index (χ0) is 71.6. The monoisotopic (exact) mass is 1440 g/mol. The van der Waals surface area contributed by atoms with Crippen molar-refractivity contribution in [3.05, 3.63) is 250 Å². The number of esters is 1. The van der Waals surface area contributed by atoms with E-state index in [0.717, 1.165) is 22.3 Å². The minimum absolute atomic E-state index is 0.0238. The lowest BCUT2D eigenvalue weighted by Crippen LogP contribution is -2.43. The van der Waals surface area contributed by atoms with Crippen LogP contribution in [-0.2, 0) is 47.2 Å². The van der Waals surface area contributed by atoms with Crippen LogP contribution in [0, 0.1) is 19.7 Å². The van der Waals surface area contributed by atoms with E-state index in [0.29, 0.717) is 88.7 Å². The van der Waals surface area contributed by atoms with Gasteiger partial charge >= 0.3 is 5.97 Å². The molecule has 2 atom stereocenters. The second-order valence-electron chi connectivity index (χ2n) is 25.4. The number of aromatic nitrogens is 4. The van der Waals surface area contributed by atoms with Crippen molar-refractivity contribution in [2.24, 2.45) is 0 Å². The molecule has 0 radical (unpaired) electrons. The van der Waals surface area contributed by atoms with Gasteiger partial charge in [0.05, 0.1) is 61.1 Å². The summed E-state index contributed by atoms with van der Waals surface area (Å²) >= 11 is 8.92. The van der Waals surface area contributed by atoms with E-state index in [-0.39, 0.29) is 52.8 Å². The van der Waals surface area contributed by atoms with E-state index >= 15 is 0 Å². The Kier molecular flexibility index (Phi) is 22.6. The van der Waals surface area contributed by atoms with Crippen molar-refractivity contribution in [3.63, 3.8) is 0 Å². The Bertz CT molecular complexity index is 4770. The highest BCUT2D eigenvalue weighted by molar-refractivity contribution is 7.86. The van der Waals surface area contributed by atoms with Crippen molar-refractivity contribution in [3.8, 4) is 73.3 Å². The van der Waals surface area contributed by atoms with Crippen LogP contribution in [0.15, 0.2) is 205 Å². The van der Waals surface area contributed by atoms with Gasteiger partial charge in [-0.2, -0.15) is 8.42 Å². The van der Waals surface area contributed by atoms with E-state index < -0.39 is 54.6 Å². The second kappa shape index (κ2) is 31.4. The van der Waals surface area contributed by atoms with E-state index in [2.05, 4.69) is 38.8 Å². The Morgan fingerprint density at radius 2 is 1.32 bits per heavy atom. The Balaban J connectivity index is 0.990. The predicted molar refractivity (Wildman–Crippen MR) is 392 cm³/mol. The lowest BCUT2D eigenvalue weighted by Gasteiger charge is -2.37. The average molecular weight is 1440 g/mol. The smallest absolute Gasteiger partial charge is 0.347 e. The summed E-state index contributed by atoms with van der Waals surface area (Å²) < 4.78 is 106. The minimum atomic E-state index is -4.37. The first-order valence-electron chi connectivity index (χ1n) is 32.7. The van der Waals surface area contributed by atoms with Crippen molar-refractivity contribution in [2.75, 3.05) is 41.2 Å². The number of carbonyl (C=O) groups excluding carboxylic acids is 1. The van der Waals surface area contributed by atoms with Crippen molar-refractivity contribution < 1.29 is 64.1 Å². The quantitative estimate of drug-likeness (QED) is 0.0186. The molecule has 0 aliphatic heterocycles. The number of benzene rings is 8. The van der Waals surface area contributed by atoms with Crippen LogP contribution in [0.5, 0.6) is 40.4 Å². The zero-order valence-electron chi connectivity index (χ0n) is 57.9. The van der Waals surface area contributed by atoms with Gasteiger partial charge in [-0.05, 0) is 163 Å². The maximum atomic E-state index is 14.9. The van der Waals surface area contributed by atoms with E-state index in [1.165, 1.54) is 41.9 Å². The summed E-state index contributed by atoms with van der Waals surface area (Å²) in [7, 11) is -2.01. The molecule has 0 bridgehead atoms. The van der Waals surface area contributed by atoms with Crippen molar-refractivity contribution in [1.82, 2.24) is 19.9 Å². The number of para-hydroxylation sites is 1. The summed E-state index contributed by atoms with van der Waals surface area (Å²) in [6.45, 7) is 15.4. The maximum Gasteiger partial charge on any atom is 0.347 e. The van der Waals surface area contributed by atoms with Crippen LogP contribution in [0.25, 0.3) is 43.2 Å². The van der Waals surface area contributed by atoms with E-state index in [9.17, 15) is 17.6 Å². The molecule has 11 rings (SSSR count). The average Bonchev–Trinajstić information content (AvgIpc) is 1.71. The van der Waals surface area contributed by atoms with Gasteiger partial charge in [0.15, 0.2) is 5.82 Å². The SMILES string of the molecule is CCOC(=O)[C@@H](Cc1cc(O[Si](C)(C)C(C)(C)C)ccc1OCc1ccnc(-c2ccccc2OC)n1)Oc1ncnc2sc(-c3ccc(F)cc3)c(-c3ccc(O[C@H](COC(c4ccccc4)(c4ccc(OC)cc4)c4ccc(OC)cc4)COS(=O)(=O)c4ccc(C)cc4)c(Cl)c3C)c12. The van der Waals surface area contributed by atoms with Crippen molar-refractivity contribution >= 4 is 57.6 Å². The molecule has 0 spiro atoms. The number of methoxy groups -OCH3 is 3. The number of rotatable bonds is 29. The Morgan fingerprint density at radius 1 is 0.673 bits per heavy atom. The summed E-state index contributed by atoms with van der Waals surface area (Å²) in [5.74, 6) is 2.37. The largest absolute Gasteiger partial charge is 0.543 e. The topological polar surface area (TPSA) is 195 Å². The standard InChI is InChI=1S/C79H78ClFN4O13S2Si/c1-12-92-77(86)69(45-53-44-61(98-101(10,11)78(4,5)6)36-40-66(53)93-46-58-42-43-82-74(85-58)65-20-16-17-21-67(65)91-9)97-75-71-70(73(99-76(71)84-49-83-75)52-24-30-57(81)31-25-52)64-39-41-68(72(80)51(64)3)96-62(48-95-100(87,88)63-37-22-50(2)23-38-63)47-94-79(54-18-14-13-15-19-54,55-26-32-59(89-7)33-27-55)56-28-34-60(90-8)35-29-56/h13-44,49,62,69H,12,45-48H2,1-11H3/t62-,69-/m1/s1. The van der Waals surface area contributed by atoms with Crippen LogP contribution in [0.1, 0.15) is 66.8 Å². The van der Waals surface area contributed by atoms with Gasteiger partial charge in [-0.1, -0.05) is 135 Å². The fourth-order valence-corrected chi connectivity index (χ4v) is 14.6. The van der Waals surface area contributed by atoms with E-state index in [4.69, 9.17) is 73.1 Å². The number of halogens is 2. The molecule has 3 heterocycles. The highest BCUT2D eigenvalue weighted by atomic mass is 35.5. The highest BCUT2D eigenvalue weighted by Gasteiger charge is 2.41. The molecule has 0 N–H and O–H groups in total. The Morgan fingerprint density at radius 3 is 1.97 bits per heavy atom. The number of ether oxygens (including phenoxy) is 8. The molecule has 0 unspecified atom stereocenters. The molecule has 0 aliphatic rings. The first-order valence-corrected chi connectivity index (χ1v) is 38.2. The lowest BCUT2D eigenvalue weighted by atomic mass is 9.80. The van der Waals surface area contributed by atoms with Gasteiger partial charge in [-0.3, -0.25) is 4.18 Å². The number of thiophene rings is 1. The molecular weight excluding hydrogens is 1360 g/mol. The Hall–Kier alpha value is -9.74. The maximum absolute atomic E-state index is 14.9. The molecule has 3 aromatic heterocycles. The molecular formula is C79H78ClFN4O13S2Si. The number of aryl methyl sites for hydroxylation is 1. The normalized spacial score (nSPS) is 12.5. The summed E-state index contributed by atoms with van der Waals surface area (Å²) in [4.78, 5) is 34.6. The molecule has 0 fully saturated rings. The third-order valence-electron chi connectivity index (χ3n) is 17.7. The molecule has 101 heavy (non-hydrogen) atoms. The summed E-state index contributed by atoms with van der Waals surface area (Å²) in [5, 5.41) is 0.403. The molecule has 11 aromatic rings. The van der Waals surface area contributed by atoms with Crippen molar-refractivity contribution in [2.45, 2.75) is 95.4 Å². The van der Waals surface area contributed by atoms with Gasteiger partial charge in [0.25, 0.3) is 10.1 Å². The minimum Gasteiger partial charge on any atom is -0.543 e. The fraction of sp³-hybridized carbons (Fsp3) is 0.253. The number of hydrogen-bond donors (Lipinski definition) is 0. The third kappa shape index (κ3) is 16.4. The molecule has 8 aromatic carbocycles. The summed E-state index contributed by atoms with van der Waals surface area (Å²) in [6, 6.07) is 55.3. The zero-order valence-corrected chi connectivity index (χ0v) is 61.3. The van der Waals surface area contributed by atoms with Crippen LogP contribution in [0.4, 0.5) is 4.39 Å². The number of hydrogen-bond acceptors (Lipinski definition) is 18. The molecule has 0 saturated heterocycles. The molecule has 0 saturated carbocycles. The second-order valence-corrected chi connectivity index (χ2v) is 33.1. The number of fused-ring (bicyclic) bond motifs is 1. The fourth-order valence-electron chi connectivity index (χ4n) is 11.3. The van der Waals surface area contributed by atoms with Crippen LogP contribution in [0.3, 0.4) is 0 Å². The first-order chi connectivity index (χ1) is 48.5. The third-order valence-corrected chi connectivity index (χ3v) is 25.0. The summed E-state index contributed by atoms with van der Waals surface area (Å²) in [6.07, 6.45) is 0.420. The van der Waals surface area contributed by atoms with Gasteiger partial charge in [-0.15, -0.1) is 11.3 Å². The first kappa shape index (κ1) is 72.5. The van der Waals surface area contributed by atoms with Crippen LogP contribution in [-0.4, -0.2) is 96.0 Å².